The second kappa shape index (κ2) is 2.44. The molecule has 12 heavy (non-hydrogen) atoms. The SMILES string of the molecule is C[C@]12CC[C@H](O1)[C@@](C)(CO)CO2. The Kier molecular flexibility index (Phi) is 1.72. The molecule has 0 unspecified atom stereocenters. The van der Waals surface area contributed by atoms with Crippen LogP contribution in [0.1, 0.15) is 26.7 Å². The van der Waals surface area contributed by atoms with Crippen LogP contribution in [0.25, 0.3) is 0 Å². The van der Waals surface area contributed by atoms with E-state index in [0.29, 0.717) is 6.61 Å². The molecule has 2 aliphatic rings. The molecular formula is C9H16O3. The average Bonchev–Trinajstić information content (AvgIpc) is 2.40. The summed E-state index contributed by atoms with van der Waals surface area (Å²) in [6.07, 6.45) is 2.14. The summed E-state index contributed by atoms with van der Waals surface area (Å²) >= 11 is 0. The van der Waals surface area contributed by atoms with Gasteiger partial charge in [-0.1, -0.05) is 6.92 Å². The first-order valence-corrected chi connectivity index (χ1v) is 4.51. The topological polar surface area (TPSA) is 38.7 Å². The van der Waals surface area contributed by atoms with Crippen LogP contribution in [0.5, 0.6) is 0 Å². The summed E-state index contributed by atoms with van der Waals surface area (Å²) in [5.74, 6) is -0.362. The van der Waals surface area contributed by atoms with Gasteiger partial charge in [0.1, 0.15) is 0 Å². The van der Waals surface area contributed by atoms with E-state index >= 15 is 0 Å². The van der Waals surface area contributed by atoms with E-state index in [1.807, 2.05) is 13.8 Å². The van der Waals surface area contributed by atoms with Crippen LogP contribution in [0, 0.1) is 5.41 Å². The lowest BCUT2D eigenvalue weighted by Gasteiger charge is -2.41. The highest BCUT2D eigenvalue weighted by atomic mass is 16.7. The molecular weight excluding hydrogens is 156 g/mol. The Morgan fingerprint density at radius 3 is 2.92 bits per heavy atom. The minimum atomic E-state index is -0.362. The van der Waals surface area contributed by atoms with Gasteiger partial charge in [0.05, 0.1) is 19.3 Å². The Hall–Kier alpha value is -0.120. The summed E-state index contributed by atoms with van der Waals surface area (Å²) in [5.41, 5.74) is -0.185. The first-order chi connectivity index (χ1) is 5.58. The zero-order valence-electron chi connectivity index (χ0n) is 7.67. The summed E-state index contributed by atoms with van der Waals surface area (Å²) < 4.78 is 11.3. The van der Waals surface area contributed by atoms with Crippen molar-refractivity contribution in [2.45, 2.75) is 38.6 Å². The Morgan fingerprint density at radius 2 is 2.25 bits per heavy atom. The summed E-state index contributed by atoms with van der Waals surface area (Å²) in [6, 6.07) is 0. The van der Waals surface area contributed by atoms with E-state index in [1.165, 1.54) is 0 Å². The molecule has 2 bridgehead atoms. The van der Waals surface area contributed by atoms with Gasteiger partial charge in [-0.3, -0.25) is 0 Å². The van der Waals surface area contributed by atoms with Crippen LogP contribution in [0.4, 0.5) is 0 Å². The third-order valence-electron chi connectivity index (χ3n) is 3.10. The largest absolute Gasteiger partial charge is 0.396 e. The van der Waals surface area contributed by atoms with Crippen LogP contribution in [0.2, 0.25) is 0 Å². The maximum Gasteiger partial charge on any atom is 0.166 e. The van der Waals surface area contributed by atoms with E-state index in [1.54, 1.807) is 0 Å². The summed E-state index contributed by atoms with van der Waals surface area (Å²) in [6.45, 7) is 4.75. The number of aliphatic hydroxyl groups excluding tert-OH is 1. The summed E-state index contributed by atoms with van der Waals surface area (Å²) in [7, 11) is 0. The van der Waals surface area contributed by atoms with E-state index in [9.17, 15) is 5.11 Å². The fraction of sp³-hybridized carbons (Fsp3) is 1.00. The van der Waals surface area contributed by atoms with Crippen molar-refractivity contribution >= 4 is 0 Å². The quantitative estimate of drug-likeness (QED) is 0.639. The molecule has 0 aromatic heterocycles. The zero-order chi connectivity index (χ0) is 8.82. The van der Waals surface area contributed by atoms with E-state index in [2.05, 4.69) is 0 Å². The minimum Gasteiger partial charge on any atom is -0.396 e. The van der Waals surface area contributed by atoms with Gasteiger partial charge in [0, 0.05) is 11.8 Å². The minimum absolute atomic E-state index is 0.147. The maximum atomic E-state index is 9.19. The lowest BCUT2D eigenvalue weighted by atomic mass is 9.85. The van der Waals surface area contributed by atoms with Gasteiger partial charge in [0.2, 0.25) is 0 Å². The molecule has 1 N–H and O–H groups in total. The fourth-order valence-corrected chi connectivity index (χ4v) is 1.97. The predicted octanol–water partition coefficient (Wildman–Crippen LogP) is 0.910. The van der Waals surface area contributed by atoms with Crippen molar-refractivity contribution in [3.8, 4) is 0 Å². The highest BCUT2D eigenvalue weighted by Gasteiger charge is 2.51. The first-order valence-electron chi connectivity index (χ1n) is 4.51. The molecule has 3 atom stereocenters. The van der Waals surface area contributed by atoms with Gasteiger partial charge in [0.15, 0.2) is 5.79 Å². The smallest absolute Gasteiger partial charge is 0.166 e. The first kappa shape index (κ1) is 8.48. The Labute approximate surface area is 72.7 Å². The highest BCUT2D eigenvalue weighted by Crippen LogP contribution is 2.45. The Bertz CT molecular complexity index is 194. The van der Waals surface area contributed by atoms with Crippen molar-refractivity contribution in [3.05, 3.63) is 0 Å². The van der Waals surface area contributed by atoms with Crippen molar-refractivity contribution in [3.63, 3.8) is 0 Å². The van der Waals surface area contributed by atoms with Gasteiger partial charge in [-0.2, -0.15) is 0 Å². The van der Waals surface area contributed by atoms with Crippen molar-refractivity contribution in [1.82, 2.24) is 0 Å². The van der Waals surface area contributed by atoms with Gasteiger partial charge in [-0.15, -0.1) is 0 Å². The van der Waals surface area contributed by atoms with Gasteiger partial charge in [0.25, 0.3) is 0 Å². The molecule has 3 nitrogen and oxygen atoms in total. The molecule has 0 radical (unpaired) electrons. The molecule has 0 aliphatic carbocycles. The number of hydrogen-bond acceptors (Lipinski definition) is 3. The van der Waals surface area contributed by atoms with Crippen molar-refractivity contribution in [1.29, 1.82) is 0 Å². The van der Waals surface area contributed by atoms with Crippen molar-refractivity contribution < 1.29 is 14.6 Å². The van der Waals surface area contributed by atoms with Crippen molar-refractivity contribution in [2.75, 3.05) is 13.2 Å². The van der Waals surface area contributed by atoms with Crippen LogP contribution in [-0.4, -0.2) is 30.2 Å². The number of ether oxygens (including phenoxy) is 2. The second-order valence-corrected chi connectivity index (χ2v) is 4.38. The summed E-state index contributed by atoms with van der Waals surface area (Å²) in [5, 5.41) is 9.19. The number of hydrogen-bond donors (Lipinski definition) is 1. The average molecular weight is 172 g/mol. The summed E-state index contributed by atoms with van der Waals surface area (Å²) in [4.78, 5) is 0. The van der Waals surface area contributed by atoms with Crippen LogP contribution < -0.4 is 0 Å². The molecule has 2 heterocycles. The van der Waals surface area contributed by atoms with Gasteiger partial charge in [-0.05, 0) is 13.3 Å². The van der Waals surface area contributed by atoms with Crippen molar-refractivity contribution in [2.24, 2.45) is 5.41 Å². The number of rotatable bonds is 1. The van der Waals surface area contributed by atoms with Gasteiger partial charge < -0.3 is 14.6 Å². The molecule has 0 spiro atoms. The lowest BCUT2D eigenvalue weighted by molar-refractivity contribution is -0.293. The van der Waals surface area contributed by atoms with Crippen LogP contribution in [0.15, 0.2) is 0 Å². The van der Waals surface area contributed by atoms with Crippen LogP contribution in [0.3, 0.4) is 0 Å². The van der Waals surface area contributed by atoms with E-state index in [4.69, 9.17) is 9.47 Å². The fourth-order valence-electron chi connectivity index (χ4n) is 1.97. The molecule has 70 valence electrons. The maximum absolute atomic E-state index is 9.19. The second-order valence-electron chi connectivity index (χ2n) is 4.38. The molecule has 3 heteroatoms. The normalized spacial score (nSPS) is 52.8. The highest BCUT2D eigenvalue weighted by molar-refractivity contribution is 4.94. The van der Waals surface area contributed by atoms with Gasteiger partial charge >= 0.3 is 0 Å². The van der Waals surface area contributed by atoms with Crippen LogP contribution >= 0.6 is 0 Å². The molecule has 2 saturated heterocycles. The molecule has 2 aliphatic heterocycles. The Balaban J connectivity index is 2.16. The standard InChI is InChI=1S/C9H16O3/c1-8(5-10)6-11-9(2)4-3-7(8)12-9/h7,10H,3-6H2,1-2H3/t7-,8-,9+/m0/s1. The molecule has 0 aromatic carbocycles. The molecule has 2 rings (SSSR count). The molecule has 2 fully saturated rings. The lowest BCUT2D eigenvalue weighted by Crippen LogP contribution is -2.48. The third-order valence-corrected chi connectivity index (χ3v) is 3.10. The monoisotopic (exact) mass is 172 g/mol. The Morgan fingerprint density at radius 1 is 1.50 bits per heavy atom. The predicted molar refractivity (Wildman–Crippen MR) is 43.7 cm³/mol. The van der Waals surface area contributed by atoms with E-state index < -0.39 is 0 Å². The zero-order valence-corrected chi connectivity index (χ0v) is 7.67. The number of fused-ring (bicyclic) bond motifs is 2. The van der Waals surface area contributed by atoms with Crippen LogP contribution in [-0.2, 0) is 9.47 Å². The number of aliphatic hydroxyl groups is 1. The van der Waals surface area contributed by atoms with E-state index in [0.717, 1.165) is 12.8 Å². The third kappa shape index (κ3) is 1.08. The molecule has 0 amide bonds. The molecule has 0 saturated carbocycles. The van der Waals surface area contributed by atoms with E-state index in [-0.39, 0.29) is 23.9 Å². The molecule has 0 aromatic rings. The van der Waals surface area contributed by atoms with Gasteiger partial charge in [-0.25, -0.2) is 0 Å².